The van der Waals surface area contributed by atoms with Crippen LogP contribution in [-0.2, 0) is 10.0 Å². The Kier molecular flexibility index (Phi) is 3.35. The van der Waals surface area contributed by atoms with E-state index in [0.29, 0.717) is 11.2 Å². The SMILES string of the molecule is NS(=O)(=O)c1ccc(N=c2cc(Cl)nc3c(=O)[nH][nH]n23)cc1. The first-order chi connectivity index (χ1) is 10.3. The quantitative estimate of drug-likeness (QED) is 0.560. The Labute approximate surface area is 128 Å². The fraction of sp³-hybridized carbons (Fsp3) is 0. The summed E-state index contributed by atoms with van der Waals surface area (Å²) in [4.78, 5) is 19.7. The number of sulfonamides is 1. The summed E-state index contributed by atoms with van der Waals surface area (Å²) in [7, 11) is -3.76. The van der Waals surface area contributed by atoms with Crippen LogP contribution in [0.2, 0.25) is 5.15 Å². The van der Waals surface area contributed by atoms with E-state index in [1.165, 1.54) is 34.8 Å². The Bertz CT molecular complexity index is 1080. The van der Waals surface area contributed by atoms with Crippen LogP contribution < -0.4 is 16.2 Å². The van der Waals surface area contributed by atoms with Gasteiger partial charge in [0.25, 0.3) is 0 Å². The van der Waals surface area contributed by atoms with E-state index in [4.69, 9.17) is 16.7 Å². The number of nitrogens with zero attached hydrogens (tertiary/aromatic N) is 3. The lowest BCUT2D eigenvalue weighted by molar-refractivity contribution is 0.598. The van der Waals surface area contributed by atoms with Crippen molar-refractivity contribution in [3.8, 4) is 0 Å². The average molecular weight is 341 g/mol. The monoisotopic (exact) mass is 340 g/mol. The van der Waals surface area contributed by atoms with Gasteiger partial charge < -0.3 is 0 Å². The van der Waals surface area contributed by atoms with Crippen molar-refractivity contribution in [1.29, 1.82) is 0 Å². The van der Waals surface area contributed by atoms with E-state index in [9.17, 15) is 13.2 Å². The smallest absolute Gasteiger partial charge is 0.264 e. The Morgan fingerprint density at radius 2 is 1.95 bits per heavy atom. The van der Waals surface area contributed by atoms with Gasteiger partial charge in [0.2, 0.25) is 15.7 Å². The Morgan fingerprint density at radius 3 is 2.59 bits per heavy atom. The minimum absolute atomic E-state index is 0.0212. The van der Waals surface area contributed by atoms with E-state index in [2.05, 4.69) is 20.3 Å². The summed E-state index contributed by atoms with van der Waals surface area (Å²) >= 11 is 5.86. The molecule has 0 bridgehead atoms. The Morgan fingerprint density at radius 1 is 1.27 bits per heavy atom. The molecule has 2 heterocycles. The lowest BCUT2D eigenvalue weighted by Crippen LogP contribution is -2.17. The van der Waals surface area contributed by atoms with Crippen LogP contribution >= 0.6 is 11.6 Å². The first-order valence-electron chi connectivity index (χ1n) is 5.88. The molecule has 0 amide bonds. The maximum Gasteiger partial charge on any atom is 0.308 e. The number of rotatable bonds is 2. The number of primary sulfonamides is 1. The summed E-state index contributed by atoms with van der Waals surface area (Å²) < 4.78 is 23.7. The molecular formula is C11H9ClN6O3S. The zero-order valence-electron chi connectivity index (χ0n) is 10.8. The van der Waals surface area contributed by atoms with Crippen molar-refractivity contribution in [2.75, 3.05) is 0 Å². The standard InChI is InChI=1S/C11H9ClN6O3S/c12-8-5-9(18-10(15-8)11(19)16-17-18)14-6-1-3-7(4-2-6)22(13,20)21/h1-5,17H,(H,16,19)(H2,13,20,21). The highest BCUT2D eigenvalue weighted by Gasteiger charge is 2.07. The van der Waals surface area contributed by atoms with Gasteiger partial charge in [-0.1, -0.05) is 11.6 Å². The van der Waals surface area contributed by atoms with Crippen LogP contribution in [0, 0.1) is 0 Å². The molecule has 0 atom stereocenters. The van der Waals surface area contributed by atoms with Crippen molar-refractivity contribution in [3.63, 3.8) is 0 Å². The number of aromatic nitrogens is 4. The zero-order chi connectivity index (χ0) is 15.9. The minimum Gasteiger partial charge on any atom is -0.264 e. The number of nitrogens with two attached hydrogens (primary N) is 1. The van der Waals surface area contributed by atoms with E-state index >= 15 is 0 Å². The molecule has 0 aliphatic heterocycles. The third-order valence-electron chi connectivity index (χ3n) is 2.80. The zero-order valence-corrected chi connectivity index (χ0v) is 12.4. The van der Waals surface area contributed by atoms with E-state index in [1.54, 1.807) is 0 Å². The summed E-state index contributed by atoms with van der Waals surface area (Å²) in [6, 6.07) is 7.07. The molecule has 22 heavy (non-hydrogen) atoms. The van der Waals surface area contributed by atoms with Crippen molar-refractivity contribution in [1.82, 2.24) is 19.8 Å². The third kappa shape index (κ3) is 2.66. The molecule has 2 aromatic heterocycles. The van der Waals surface area contributed by atoms with Crippen LogP contribution in [0.1, 0.15) is 0 Å². The second kappa shape index (κ2) is 5.09. The maximum absolute atomic E-state index is 11.5. The molecule has 1 aromatic carbocycles. The highest BCUT2D eigenvalue weighted by Crippen LogP contribution is 2.14. The fourth-order valence-corrected chi connectivity index (χ4v) is 2.51. The molecule has 0 radical (unpaired) electrons. The number of nitrogens with one attached hydrogen (secondary N) is 2. The molecule has 114 valence electrons. The van der Waals surface area contributed by atoms with Crippen LogP contribution in [0.3, 0.4) is 0 Å². The summed E-state index contributed by atoms with van der Waals surface area (Å²) in [5.41, 5.74) is 0.387. The Balaban J connectivity index is 2.19. The van der Waals surface area contributed by atoms with Crippen molar-refractivity contribution in [2.45, 2.75) is 4.90 Å². The van der Waals surface area contributed by atoms with Crippen molar-refractivity contribution < 1.29 is 8.42 Å². The molecule has 0 aliphatic carbocycles. The van der Waals surface area contributed by atoms with Crippen LogP contribution in [0.4, 0.5) is 5.69 Å². The second-order valence-corrected chi connectivity index (χ2v) is 6.26. The van der Waals surface area contributed by atoms with Gasteiger partial charge in [0.05, 0.1) is 10.6 Å². The molecule has 3 rings (SSSR count). The van der Waals surface area contributed by atoms with Gasteiger partial charge in [0, 0.05) is 6.07 Å². The third-order valence-corrected chi connectivity index (χ3v) is 3.92. The van der Waals surface area contributed by atoms with E-state index in [1.807, 2.05) is 0 Å². The highest BCUT2D eigenvalue weighted by atomic mass is 35.5. The van der Waals surface area contributed by atoms with Crippen LogP contribution in [0.5, 0.6) is 0 Å². The van der Waals surface area contributed by atoms with Crippen LogP contribution in [0.15, 0.2) is 45.0 Å². The van der Waals surface area contributed by atoms with Crippen molar-refractivity contribution in [2.24, 2.45) is 10.1 Å². The van der Waals surface area contributed by atoms with Gasteiger partial charge in [0.1, 0.15) is 5.15 Å². The predicted octanol–water partition coefficient (Wildman–Crippen LogP) is -0.116. The number of hydrogen-bond acceptors (Lipinski definition) is 5. The predicted molar refractivity (Wildman–Crippen MR) is 78.2 cm³/mol. The lowest BCUT2D eigenvalue weighted by atomic mass is 10.3. The molecule has 0 unspecified atom stereocenters. The van der Waals surface area contributed by atoms with Gasteiger partial charge in [-0.05, 0) is 24.3 Å². The van der Waals surface area contributed by atoms with E-state index in [0.717, 1.165) is 0 Å². The lowest BCUT2D eigenvalue weighted by Gasteiger charge is -1.99. The van der Waals surface area contributed by atoms with Gasteiger partial charge in [-0.15, -0.1) is 0 Å². The van der Waals surface area contributed by atoms with Gasteiger partial charge in [-0.3, -0.25) is 4.79 Å². The van der Waals surface area contributed by atoms with E-state index in [-0.39, 0.29) is 15.7 Å². The van der Waals surface area contributed by atoms with Gasteiger partial charge in [-0.2, -0.15) is 4.52 Å². The van der Waals surface area contributed by atoms with Crippen molar-refractivity contribution >= 4 is 33.0 Å². The molecule has 0 saturated heterocycles. The summed E-state index contributed by atoms with van der Waals surface area (Å²) in [6.07, 6.45) is 0. The first kappa shape index (κ1) is 14.5. The van der Waals surface area contributed by atoms with Crippen LogP contribution in [-0.4, -0.2) is 28.2 Å². The van der Waals surface area contributed by atoms with E-state index < -0.39 is 15.6 Å². The number of hydrogen-bond donors (Lipinski definition) is 3. The number of halogens is 1. The summed E-state index contributed by atoms with van der Waals surface area (Å²) in [5.74, 6) is 0. The molecule has 0 fully saturated rings. The molecule has 0 aliphatic rings. The van der Waals surface area contributed by atoms with Gasteiger partial charge in [0.15, 0.2) is 5.49 Å². The number of fused-ring (bicyclic) bond motifs is 1. The van der Waals surface area contributed by atoms with Gasteiger partial charge >= 0.3 is 5.56 Å². The summed E-state index contributed by atoms with van der Waals surface area (Å²) in [6.45, 7) is 0. The van der Waals surface area contributed by atoms with Crippen LogP contribution in [0.25, 0.3) is 5.65 Å². The molecule has 0 saturated carbocycles. The maximum atomic E-state index is 11.5. The molecular weight excluding hydrogens is 332 g/mol. The van der Waals surface area contributed by atoms with Crippen molar-refractivity contribution in [3.05, 3.63) is 51.3 Å². The van der Waals surface area contributed by atoms with Gasteiger partial charge in [-0.25, -0.2) is 33.8 Å². The second-order valence-electron chi connectivity index (χ2n) is 4.31. The summed E-state index contributed by atoms with van der Waals surface area (Å²) in [5, 5.41) is 10.1. The number of benzene rings is 1. The number of aromatic amines is 2. The minimum atomic E-state index is -3.76. The number of H-pyrrole nitrogens is 2. The highest BCUT2D eigenvalue weighted by molar-refractivity contribution is 7.89. The molecule has 9 nitrogen and oxygen atoms in total. The molecule has 11 heteroatoms. The average Bonchev–Trinajstić information content (AvgIpc) is 2.80. The normalized spacial score (nSPS) is 12.9. The largest absolute Gasteiger partial charge is 0.308 e. The molecule has 0 spiro atoms. The molecule has 3 aromatic rings. The fourth-order valence-electron chi connectivity index (χ4n) is 1.81. The first-order valence-corrected chi connectivity index (χ1v) is 7.80. The Hall–Kier alpha value is -2.43. The topological polar surface area (TPSA) is 138 Å². The molecule has 4 N–H and O–H groups in total.